The minimum absolute atomic E-state index is 0.608. The molecule has 0 aromatic carbocycles. The largest absolute Gasteiger partial charge is 0.356 e. The normalized spacial score (nSPS) is 20.7. The van der Waals surface area contributed by atoms with Crippen molar-refractivity contribution >= 4 is 17.4 Å². The summed E-state index contributed by atoms with van der Waals surface area (Å²) in [6, 6.07) is 0. The van der Waals surface area contributed by atoms with E-state index in [9.17, 15) is 0 Å². The van der Waals surface area contributed by atoms with E-state index < -0.39 is 0 Å². The summed E-state index contributed by atoms with van der Waals surface area (Å²) in [7, 11) is 0. The fraction of sp³-hybridized carbons (Fsp3) is 0.733. The first-order chi connectivity index (χ1) is 9.13. The van der Waals surface area contributed by atoms with Crippen LogP contribution in [0.5, 0.6) is 0 Å². The Morgan fingerprint density at radius 1 is 1.32 bits per heavy atom. The van der Waals surface area contributed by atoms with E-state index >= 15 is 0 Å². The molecular formula is C15H24ClN3. The molecule has 1 saturated heterocycles. The van der Waals surface area contributed by atoms with E-state index in [0.717, 1.165) is 42.7 Å². The summed E-state index contributed by atoms with van der Waals surface area (Å²) in [5, 5.41) is 0.608. The third kappa shape index (κ3) is 3.38. The first-order valence-electron chi connectivity index (χ1n) is 7.37. The molecule has 0 N–H and O–H groups in total. The van der Waals surface area contributed by atoms with Crippen LogP contribution in [0.25, 0.3) is 0 Å². The van der Waals surface area contributed by atoms with Crippen LogP contribution in [0.1, 0.15) is 45.6 Å². The van der Waals surface area contributed by atoms with Gasteiger partial charge in [-0.3, -0.25) is 0 Å². The van der Waals surface area contributed by atoms with Crippen molar-refractivity contribution in [3.05, 3.63) is 17.0 Å². The molecule has 106 valence electrons. The molecule has 1 aromatic heterocycles. The van der Waals surface area contributed by atoms with Crippen LogP contribution in [0.4, 0.5) is 5.82 Å². The van der Waals surface area contributed by atoms with Crippen LogP contribution >= 0.6 is 11.6 Å². The maximum atomic E-state index is 6.19. The molecule has 1 fully saturated rings. The van der Waals surface area contributed by atoms with E-state index in [1.165, 1.54) is 19.3 Å². The number of halogens is 1. The molecule has 0 bridgehead atoms. The minimum atomic E-state index is 0.608. The van der Waals surface area contributed by atoms with Gasteiger partial charge in [-0.2, -0.15) is 0 Å². The van der Waals surface area contributed by atoms with Gasteiger partial charge in [0.1, 0.15) is 17.3 Å². The topological polar surface area (TPSA) is 29.0 Å². The van der Waals surface area contributed by atoms with Gasteiger partial charge in [-0.05, 0) is 37.5 Å². The Morgan fingerprint density at radius 2 is 2.11 bits per heavy atom. The van der Waals surface area contributed by atoms with E-state index in [1.807, 2.05) is 0 Å². The Bertz CT molecular complexity index is 420. The molecule has 0 radical (unpaired) electrons. The second-order valence-corrected chi connectivity index (χ2v) is 6.10. The summed E-state index contributed by atoms with van der Waals surface area (Å²) in [5.74, 6) is 2.67. The molecule has 1 aromatic rings. The van der Waals surface area contributed by atoms with Gasteiger partial charge in [0.2, 0.25) is 0 Å². The highest BCUT2D eigenvalue weighted by atomic mass is 35.5. The van der Waals surface area contributed by atoms with Gasteiger partial charge in [0.25, 0.3) is 0 Å². The summed E-state index contributed by atoms with van der Waals surface area (Å²) in [6.07, 6.45) is 6.30. The van der Waals surface area contributed by atoms with Crippen LogP contribution in [0.2, 0.25) is 5.15 Å². The quantitative estimate of drug-likeness (QED) is 0.786. The van der Waals surface area contributed by atoms with Crippen LogP contribution in [-0.2, 0) is 6.42 Å². The Labute approximate surface area is 121 Å². The molecule has 1 unspecified atom stereocenters. The fourth-order valence-corrected chi connectivity index (χ4v) is 3.22. The van der Waals surface area contributed by atoms with Crippen molar-refractivity contribution in [1.29, 1.82) is 0 Å². The molecule has 2 heterocycles. The van der Waals surface area contributed by atoms with Gasteiger partial charge >= 0.3 is 0 Å². The molecule has 4 heteroatoms. The lowest BCUT2D eigenvalue weighted by molar-refractivity contribution is 0.351. The average Bonchev–Trinajstić information content (AvgIpc) is 2.64. The molecule has 2 rings (SSSR count). The summed E-state index contributed by atoms with van der Waals surface area (Å²) >= 11 is 6.19. The van der Waals surface area contributed by atoms with Crippen molar-refractivity contribution < 1.29 is 0 Å². The van der Waals surface area contributed by atoms with E-state index in [0.29, 0.717) is 5.15 Å². The Kier molecular flexibility index (Phi) is 5.03. The summed E-state index contributed by atoms with van der Waals surface area (Å²) in [6.45, 7) is 8.95. The number of nitrogens with zero attached hydrogens (tertiary/aromatic N) is 3. The van der Waals surface area contributed by atoms with E-state index in [4.69, 9.17) is 11.6 Å². The standard InChI is InChI=1S/C15H24ClN3/c1-4-13-14(16)17-10-18-15(13)19-8-5-6-12(7-9-19)11(2)3/h10-12H,4-9H2,1-3H3. The molecule has 1 atom stereocenters. The molecule has 0 aliphatic carbocycles. The van der Waals surface area contributed by atoms with Gasteiger partial charge < -0.3 is 4.90 Å². The molecule has 1 aliphatic heterocycles. The van der Waals surface area contributed by atoms with Gasteiger partial charge in [0.15, 0.2) is 0 Å². The predicted octanol–water partition coefficient (Wildman–Crippen LogP) is 3.95. The molecule has 0 amide bonds. The second-order valence-electron chi connectivity index (χ2n) is 5.74. The van der Waals surface area contributed by atoms with Crippen molar-refractivity contribution in [2.75, 3.05) is 18.0 Å². The molecule has 3 nitrogen and oxygen atoms in total. The van der Waals surface area contributed by atoms with Crippen molar-refractivity contribution in [1.82, 2.24) is 9.97 Å². The average molecular weight is 282 g/mol. The molecule has 1 aliphatic rings. The van der Waals surface area contributed by atoms with Crippen molar-refractivity contribution in [2.24, 2.45) is 11.8 Å². The number of aromatic nitrogens is 2. The zero-order valence-corrected chi connectivity index (χ0v) is 13.0. The lowest BCUT2D eigenvalue weighted by Crippen LogP contribution is -2.27. The van der Waals surface area contributed by atoms with Gasteiger partial charge in [-0.25, -0.2) is 9.97 Å². The molecule has 19 heavy (non-hydrogen) atoms. The van der Waals surface area contributed by atoms with Gasteiger partial charge in [-0.15, -0.1) is 0 Å². The summed E-state index contributed by atoms with van der Waals surface area (Å²) in [5.41, 5.74) is 1.09. The Hall–Kier alpha value is -0.830. The monoisotopic (exact) mass is 281 g/mol. The lowest BCUT2D eigenvalue weighted by Gasteiger charge is -2.24. The molecular weight excluding hydrogens is 258 g/mol. The summed E-state index contributed by atoms with van der Waals surface area (Å²) in [4.78, 5) is 11.0. The van der Waals surface area contributed by atoms with Crippen molar-refractivity contribution in [2.45, 2.75) is 46.5 Å². The lowest BCUT2D eigenvalue weighted by atomic mass is 9.89. The predicted molar refractivity (Wildman–Crippen MR) is 80.8 cm³/mol. The maximum absolute atomic E-state index is 6.19. The van der Waals surface area contributed by atoms with Gasteiger partial charge in [0, 0.05) is 18.7 Å². The van der Waals surface area contributed by atoms with Gasteiger partial charge in [0.05, 0.1) is 0 Å². The highest BCUT2D eigenvalue weighted by Crippen LogP contribution is 2.29. The number of hydrogen-bond donors (Lipinski definition) is 0. The van der Waals surface area contributed by atoms with Crippen LogP contribution in [0.15, 0.2) is 6.33 Å². The number of hydrogen-bond acceptors (Lipinski definition) is 3. The number of rotatable bonds is 3. The van der Waals surface area contributed by atoms with Crippen LogP contribution in [0, 0.1) is 11.8 Å². The zero-order chi connectivity index (χ0) is 13.8. The molecule has 0 saturated carbocycles. The Morgan fingerprint density at radius 3 is 2.79 bits per heavy atom. The number of anilines is 1. The van der Waals surface area contributed by atoms with Crippen LogP contribution < -0.4 is 4.90 Å². The van der Waals surface area contributed by atoms with E-state index in [1.54, 1.807) is 6.33 Å². The van der Waals surface area contributed by atoms with E-state index in [2.05, 4.69) is 35.6 Å². The zero-order valence-electron chi connectivity index (χ0n) is 12.2. The Balaban J connectivity index is 2.16. The second kappa shape index (κ2) is 6.56. The summed E-state index contributed by atoms with van der Waals surface area (Å²) < 4.78 is 0. The first kappa shape index (κ1) is 14.6. The van der Waals surface area contributed by atoms with Crippen LogP contribution in [0.3, 0.4) is 0 Å². The van der Waals surface area contributed by atoms with Crippen LogP contribution in [-0.4, -0.2) is 23.1 Å². The minimum Gasteiger partial charge on any atom is -0.356 e. The van der Waals surface area contributed by atoms with Crippen molar-refractivity contribution in [3.8, 4) is 0 Å². The highest BCUT2D eigenvalue weighted by Gasteiger charge is 2.22. The first-order valence-corrected chi connectivity index (χ1v) is 7.75. The van der Waals surface area contributed by atoms with E-state index in [-0.39, 0.29) is 0 Å². The fourth-order valence-electron chi connectivity index (χ4n) is 2.96. The SMILES string of the molecule is CCc1c(Cl)ncnc1N1CCCC(C(C)C)CC1. The third-order valence-corrected chi connectivity index (χ3v) is 4.56. The third-order valence-electron chi connectivity index (χ3n) is 4.24. The maximum Gasteiger partial charge on any atom is 0.137 e. The smallest absolute Gasteiger partial charge is 0.137 e. The highest BCUT2D eigenvalue weighted by molar-refractivity contribution is 6.30. The van der Waals surface area contributed by atoms with Crippen molar-refractivity contribution in [3.63, 3.8) is 0 Å². The van der Waals surface area contributed by atoms with Gasteiger partial charge in [-0.1, -0.05) is 32.4 Å². The molecule has 0 spiro atoms.